The van der Waals surface area contributed by atoms with E-state index in [1.54, 1.807) is 24.3 Å². The molecule has 3 aromatic rings. The van der Waals surface area contributed by atoms with Crippen LogP contribution >= 0.6 is 0 Å². The molecule has 2 aromatic carbocycles. The van der Waals surface area contributed by atoms with E-state index in [1.165, 1.54) is 18.2 Å². The van der Waals surface area contributed by atoms with Crippen LogP contribution in [-0.2, 0) is 22.4 Å². The van der Waals surface area contributed by atoms with E-state index in [-0.39, 0.29) is 47.8 Å². The minimum absolute atomic E-state index is 0.0382. The van der Waals surface area contributed by atoms with E-state index in [2.05, 4.69) is 20.0 Å². The number of nitrogens with zero attached hydrogens (tertiary/aromatic N) is 3. The lowest BCUT2D eigenvalue weighted by atomic mass is 10.0. The van der Waals surface area contributed by atoms with E-state index in [4.69, 9.17) is 16.2 Å². The van der Waals surface area contributed by atoms with E-state index in [0.29, 0.717) is 23.2 Å². The molecule has 0 atom stereocenters. The van der Waals surface area contributed by atoms with Crippen LogP contribution in [0.2, 0.25) is 0 Å². The zero-order valence-corrected chi connectivity index (χ0v) is 20.7. The van der Waals surface area contributed by atoms with Crippen molar-refractivity contribution in [1.82, 2.24) is 9.97 Å². The SMILES string of the molecule is CCc1nc(N)nc(N)c1-c1ccc(NCc2ccc(C(=O)OC(=O)OCC(C)C)cc2)c([N+](=O)[O-])c1. The number of esters is 1. The van der Waals surface area contributed by atoms with Crippen molar-refractivity contribution in [3.8, 4) is 11.1 Å². The normalized spacial score (nSPS) is 10.7. The van der Waals surface area contributed by atoms with E-state index in [0.717, 1.165) is 5.56 Å². The number of ether oxygens (including phenoxy) is 2. The number of aryl methyl sites for hydroxylation is 1. The maximum atomic E-state index is 12.1. The Balaban J connectivity index is 1.72. The van der Waals surface area contributed by atoms with Crippen LogP contribution in [0.3, 0.4) is 0 Å². The van der Waals surface area contributed by atoms with Crippen LogP contribution in [0.15, 0.2) is 42.5 Å². The van der Waals surface area contributed by atoms with Gasteiger partial charge in [-0.05, 0) is 41.7 Å². The number of nitrogen functional groups attached to an aromatic ring is 2. The Labute approximate surface area is 213 Å². The Morgan fingerprint density at radius 1 is 1.11 bits per heavy atom. The number of rotatable bonds is 9. The molecule has 5 N–H and O–H groups in total. The topological polar surface area (TPSA) is 186 Å². The number of nitro benzene ring substituents is 1. The molecule has 12 heteroatoms. The number of aromatic nitrogens is 2. The van der Waals surface area contributed by atoms with Crippen LogP contribution < -0.4 is 16.8 Å². The van der Waals surface area contributed by atoms with Crippen molar-refractivity contribution in [3.05, 3.63) is 69.4 Å². The predicted octanol–water partition coefficient (Wildman–Crippen LogP) is 4.34. The molecule has 12 nitrogen and oxygen atoms in total. The van der Waals surface area contributed by atoms with E-state index in [9.17, 15) is 19.7 Å². The average molecular weight is 509 g/mol. The van der Waals surface area contributed by atoms with Gasteiger partial charge in [-0.25, -0.2) is 14.6 Å². The second-order valence-corrected chi connectivity index (χ2v) is 8.53. The molecular weight excluding hydrogens is 480 g/mol. The minimum Gasteiger partial charge on any atom is -0.434 e. The van der Waals surface area contributed by atoms with Crippen LogP contribution in [0.5, 0.6) is 0 Å². The number of anilines is 3. The molecule has 1 aromatic heterocycles. The zero-order valence-electron chi connectivity index (χ0n) is 20.7. The van der Waals surface area contributed by atoms with Gasteiger partial charge >= 0.3 is 12.1 Å². The summed E-state index contributed by atoms with van der Waals surface area (Å²) in [5.41, 5.74) is 14.3. The summed E-state index contributed by atoms with van der Waals surface area (Å²) in [5.74, 6) is -0.542. The third-order valence-corrected chi connectivity index (χ3v) is 5.23. The van der Waals surface area contributed by atoms with Crippen LogP contribution in [-0.4, -0.2) is 33.6 Å². The van der Waals surface area contributed by atoms with E-state index < -0.39 is 17.0 Å². The van der Waals surface area contributed by atoms with Gasteiger partial charge in [-0.15, -0.1) is 0 Å². The van der Waals surface area contributed by atoms with Crippen LogP contribution in [0.1, 0.15) is 42.4 Å². The molecule has 0 saturated carbocycles. The molecule has 0 amide bonds. The standard InChI is InChI=1S/C25H28N6O6/c1-4-18-21(22(26)30-24(27)29-18)17-9-10-19(20(11-17)31(34)35)28-12-15-5-7-16(8-6-15)23(32)37-25(33)36-13-14(2)3/h5-11,14,28H,4,12-13H2,1-3H3,(H4,26,27,29,30). The molecule has 1 heterocycles. The number of nitro groups is 1. The van der Waals surface area contributed by atoms with Crippen molar-refractivity contribution in [2.45, 2.75) is 33.7 Å². The number of hydrogen-bond acceptors (Lipinski definition) is 11. The highest BCUT2D eigenvalue weighted by Crippen LogP contribution is 2.35. The van der Waals surface area contributed by atoms with E-state index >= 15 is 0 Å². The summed E-state index contributed by atoms with van der Waals surface area (Å²) in [6, 6.07) is 10.9. The first-order valence-corrected chi connectivity index (χ1v) is 11.5. The molecule has 37 heavy (non-hydrogen) atoms. The Morgan fingerprint density at radius 3 is 2.43 bits per heavy atom. The molecule has 0 fully saturated rings. The second-order valence-electron chi connectivity index (χ2n) is 8.53. The van der Waals surface area contributed by atoms with Gasteiger partial charge in [-0.2, -0.15) is 4.98 Å². The predicted molar refractivity (Wildman–Crippen MR) is 138 cm³/mol. The molecule has 0 unspecified atom stereocenters. The number of nitrogens with two attached hydrogens (primary N) is 2. The summed E-state index contributed by atoms with van der Waals surface area (Å²) >= 11 is 0. The van der Waals surface area contributed by atoms with Crippen molar-refractivity contribution >= 4 is 35.3 Å². The molecular formula is C25H28N6O6. The quantitative estimate of drug-likeness (QED) is 0.161. The smallest absolute Gasteiger partial charge is 0.434 e. The maximum absolute atomic E-state index is 12.1. The summed E-state index contributed by atoms with van der Waals surface area (Å²) in [7, 11) is 0. The Bertz CT molecular complexity index is 1310. The van der Waals surface area contributed by atoms with Crippen LogP contribution in [0.25, 0.3) is 11.1 Å². The van der Waals surface area contributed by atoms with Crippen molar-refractivity contribution in [1.29, 1.82) is 0 Å². The molecule has 0 saturated heterocycles. The van der Waals surface area contributed by atoms with Crippen LogP contribution in [0, 0.1) is 16.0 Å². The van der Waals surface area contributed by atoms with Gasteiger partial charge in [0.25, 0.3) is 5.69 Å². The van der Waals surface area contributed by atoms with Gasteiger partial charge in [-0.1, -0.05) is 39.0 Å². The van der Waals surface area contributed by atoms with Gasteiger partial charge in [0.05, 0.1) is 22.8 Å². The highest BCUT2D eigenvalue weighted by Gasteiger charge is 2.20. The van der Waals surface area contributed by atoms with Crippen LogP contribution in [0.4, 0.5) is 27.9 Å². The Morgan fingerprint density at radius 2 is 1.81 bits per heavy atom. The van der Waals surface area contributed by atoms with Gasteiger partial charge in [0.1, 0.15) is 11.5 Å². The van der Waals surface area contributed by atoms with Crippen molar-refractivity contribution in [2.24, 2.45) is 5.92 Å². The summed E-state index contributed by atoms with van der Waals surface area (Å²) < 4.78 is 9.49. The fourth-order valence-electron chi connectivity index (χ4n) is 3.46. The number of nitrogens with one attached hydrogen (secondary N) is 1. The first-order valence-electron chi connectivity index (χ1n) is 11.5. The molecule has 0 aliphatic carbocycles. The zero-order chi connectivity index (χ0) is 27.1. The molecule has 0 aliphatic rings. The van der Waals surface area contributed by atoms with Gasteiger partial charge in [0, 0.05) is 18.2 Å². The molecule has 3 rings (SSSR count). The maximum Gasteiger partial charge on any atom is 0.516 e. The summed E-state index contributed by atoms with van der Waals surface area (Å²) in [6.07, 6.45) is -0.540. The van der Waals surface area contributed by atoms with Gasteiger partial charge < -0.3 is 26.3 Å². The van der Waals surface area contributed by atoms with Gasteiger partial charge in [0.15, 0.2) is 0 Å². The molecule has 0 bridgehead atoms. The second kappa shape index (κ2) is 11.8. The summed E-state index contributed by atoms with van der Waals surface area (Å²) in [6.45, 7) is 5.97. The highest BCUT2D eigenvalue weighted by atomic mass is 16.7. The fraction of sp³-hybridized carbons (Fsp3) is 0.280. The number of hydrogen-bond donors (Lipinski definition) is 3. The molecule has 194 valence electrons. The fourth-order valence-corrected chi connectivity index (χ4v) is 3.46. The summed E-state index contributed by atoms with van der Waals surface area (Å²) in [5, 5.41) is 14.8. The number of carbonyl (C=O) groups is 2. The van der Waals surface area contributed by atoms with Crippen molar-refractivity contribution < 1.29 is 24.0 Å². The van der Waals surface area contributed by atoms with Crippen molar-refractivity contribution in [2.75, 3.05) is 23.4 Å². The molecule has 0 radical (unpaired) electrons. The molecule has 0 aliphatic heterocycles. The lowest BCUT2D eigenvalue weighted by molar-refractivity contribution is -0.383. The number of benzene rings is 2. The lowest BCUT2D eigenvalue weighted by Crippen LogP contribution is -2.16. The highest BCUT2D eigenvalue weighted by molar-refractivity contribution is 5.95. The molecule has 0 spiro atoms. The van der Waals surface area contributed by atoms with Gasteiger partial charge in [-0.3, -0.25) is 10.1 Å². The third kappa shape index (κ3) is 6.90. The minimum atomic E-state index is -1.06. The summed E-state index contributed by atoms with van der Waals surface area (Å²) in [4.78, 5) is 43.2. The third-order valence-electron chi connectivity index (χ3n) is 5.23. The Hall–Kier alpha value is -4.74. The monoisotopic (exact) mass is 508 g/mol. The van der Waals surface area contributed by atoms with E-state index in [1.807, 2.05) is 20.8 Å². The lowest BCUT2D eigenvalue weighted by Gasteiger charge is -2.13. The number of carbonyl (C=O) groups excluding carboxylic acids is 2. The first kappa shape index (κ1) is 26.9. The largest absolute Gasteiger partial charge is 0.516 e. The van der Waals surface area contributed by atoms with Crippen molar-refractivity contribution in [3.63, 3.8) is 0 Å². The average Bonchev–Trinajstić information content (AvgIpc) is 2.86. The first-order chi connectivity index (χ1) is 17.6. The van der Waals surface area contributed by atoms with Gasteiger partial charge in [0.2, 0.25) is 5.95 Å². The Kier molecular flexibility index (Phi) is 8.56.